The molecule has 0 spiro atoms. The summed E-state index contributed by atoms with van der Waals surface area (Å²) in [4.78, 5) is 5.38. The number of nitrogens with one attached hydrogen (secondary N) is 1. The van der Waals surface area contributed by atoms with Gasteiger partial charge in [0.25, 0.3) is 0 Å². The molecule has 2 heterocycles. The van der Waals surface area contributed by atoms with Crippen LogP contribution in [0.3, 0.4) is 0 Å². The summed E-state index contributed by atoms with van der Waals surface area (Å²) in [7, 11) is 0. The summed E-state index contributed by atoms with van der Waals surface area (Å²) in [6.45, 7) is 17.0. The van der Waals surface area contributed by atoms with E-state index in [2.05, 4.69) is 42.8 Å². The van der Waals surface area contributed by atoms with Crippen molar-refractivity contribution < 1.29 is 0 Å². The lowest BCUT2D eigenvalue weighted by molar-refractivity contribution is 0.207. The number of nitrogens with zero attached hydrogens (tertiary/aromatic N) is 2. The van der Waals surface area contributed by atoms with Crippen LogP contribution >= 0.6 is 0 Å². The van der Waals surface area contributed by atoms with Gasteiger partial charge in [0.2, 0.25) is 0 Å². The summed E-state index contributed by atoms with van der Waals surface area (Å²) in [6.07, 6.45) is 4.03. The van der Waals surface area contributed by atoms with Crippen LogP contribution in [0.2, 0.25) is 0 Å². The Bertz CT molecular complexity index is 277. The quantitative estimate of drug-likeness (QED) is 0.835. The van der Waals surface area contributed by atoms with Crippen molar-refractivity contribution in [2.45, 2.75) is 59.0 Å². The molecule has 0 saturated carbocycles. The maximum atomic E-state index is 3.74. The molecule has 2 unspecified atom stereocenters. The minimum Gasteiger partial charge on any atom is -0.313 e. The Hall–Kier alpha value is -0.120. The van der Waals surface area contributed by atoms with Gasteiger partial charge in [0.1, 0.15) is 0 Å². The molecular formula is C17H35N3. The standard InChI is InChI=1S/C17H35N3/c1-14(2)10-17-13-19(8-5-7-18-17)11-16-6-9-20(12-16)15(3)4/h14-18H,5-13H2,1-4H3. The van der Waals surface area contributed by atoms with E-state index >= 15 is 0 Å². The first-order valence-corrected chi connectivity index (χ1v) is 8.74. The highest BCUT2D eigenvalue weighted by Gasteiger charge is 2.27. The molecule has 0 bridgehead atoms. The van der Waals surface area contributed by atoms with Crippen LogP contribution in [-0.4, -0.2) is 61.2 Å². The zero-order chi connectivity index (χ0) is 14.5. The van der Waals surface area contributed by atoms with E-state index in [0.717, 1.165) is 17.9 Å². The SMILES string of the molecule is CC(C)CC1CN(CC2CCN(C(C)C)C2)CCCN1. The maximum absolute atomic E-state index is 3.74. The lowest BCUT2D eigenvalue weighted by atomic mass is 10.0. The maximum Gasteiger partial charge on any atom is 0.0197 e. The van der Waals surface area contributed by atoms with Gasteiger partial charge in [-0.25, -0.2) is 0 Å². The Morgan fingerprint density at radius 3 is 2.55 bits per heavy atom. The topological polar surface area (TPSA) is 18.5 Å². The van der Waals surface area contributed by atoms with Crippen molar-refractivity contribution in [3.63, 3.8) is 0 Å². The molecule has 2 aliphatic heterocycles. The average molecular weight is 281 g/mol. The fourth-order valence-electron chi connectivity index (χ4n) is 3.81. The zero-order valence-corrected chi connectivity index (χ0v) is 14.1. The zero-order valence-electron chi connectivity index (χ0n) is 14.1. The average Bonchev–Trinajstić information content (AvgIpc) is 2.71. The van der Waals surface area contributed by atoms with Crippen molar-refractivity contribution in [2.24, 2.45) is 11.8 Å². The molecule has 20 heavy (non-hydrogen) atoms. The first kappa shape index (κ1) is 16.3. The van der Waals surface area contributed by atoms with Crippen molar-refractivity contribution in [1.82, 2.24) is 15.1 Å². The molecule has 2 fully saturated rings. The van der Waals surface area contributed by atoms with Gasteiger partial charge in [-0.15, -0.1) is 0 Å². The second-order valence-electron chi connectivity index (χ2n) is 7.64. The van der Waals surface area contributed by atoms with E-state index in [1.807, 2.05) is 0 Å². The predicted octanol–water partition coefficient (Wildman–Crippen LogP) is 2.43. The molecule has 3 nitrogen and oxygen atoms in total. The van der Waals surface area contributed by atoms with E-state index in [4.69, 9.17) is 0 Å². The molecule has 2 saturated heterocycles. The number of rotatable bonds is 5. The molecule has 3 heteroatoms. The lowest BCUT2D eigenvalue weighted by Gasteiger charge is -2.28. The Morgan fingerprint density at radius 1 is 1.10 bits per heavy atom. The van der Waals surface area contributed by atoms with Gasteiger partial charge in [0, 0.05) is 31.7 Å². The number of hydrogen-bond donors (Lipinski definition) is 1. The molecular weight excluding hydrogens is 246 g/mol. The van der Waals surface area contributed by atoms with E-state index in [-0.39, 0.29) is 0 Å². The number of likely N-dealkylation sites (tertiary alicyclic amines) is 1. The highest BCUT2D eigenvalue weighted by molar-refractivity contribution is 4.83. The van der Waals surface area contributed by atoms with Crippen molar-refractivity contribution in [3.05, 3.63) is 0 Å². The Labute approximate surface area is 126 Å². The van der Waals surface area contributed by atoms with E-state index in [9.17, 15) is 0 Å². The fraction of sp³-hybridized carbons (Fsp3) is 1.00. The molecule has 0 amide bonds. The van der Waals surface area contributed by atoms with Gasteiger partial charge in [-0.3, -0.25) is 0 Å². The smallest absolute Gasteiger partial charge is 0.0197 e. The van der Waals surface area contributed by atoms with Crippen LogP contribution < -0.4 is 5.32 Å². The predicted molar refractivity (Wildman–Crippen MR) is 87.1 cm³/mol. The first-order chi connectivity index (χ1) is 9.54. The lowest BCUT2D eigenvalue weighted by Crippen LogP contribution is -2.40. The Kier molecular flexibility index (Phi) is 6.31. The molecule has 0 aromatic rings. The van der Waals surface area contributed by atoms with E-state index in [0.29, 0.717) is 6.04 Å². The molecule has 2 rings (SSSR count). The largest absolute Gasteiger partial charge is 0.313 e. The van der Waals surface area contributed by atoms with Crippen molar-refractivity contribution in [2.75, 3.05) is 39.3 Å². The summed E-state index contributed by atoms with van der Waals surface area (Å²) < 4.78 is 0. The summed E-state index contributed by atoms with van der Waals surface area (Å²) >= 11 is 0. The normalized spacial score (nSPS) is 30.3. The van der Waals surface area contributed by atoms with Crippen molar-refractivity contribution in [3.8, 4) is 0 Å². The highest BCUT2D eigenvalue weighted by atomic mass is 15.2. The van der Waals surface area contributed by atoms with Crippen LogP contribution in [0.5, 0.6) is 0 Å². The molecule has 1 N–H and O–H groups in total. The van der Waals surface area contributed by atoms with E-state index in [1.54, 1.807) is 0 Å². The van der Waals surface area contributed by atoms with Crippen LogP contribution in [0.1, 0.15) is 47.0 Å². The summed E-state index contributed by atoms with van der Waals surface area (Å²) in [6, 6.07) is 1.43. The van der Waals surface area contributed by atoms with Crippen LogP contribution in [0.4, 0.5) is 0 Å². The molecule has 0 aromatic heterocycles. The van der Waals surface area contributed by atoms with Gasteiger partial charge in [0.15, 0.2) is 0 Å². The fourth-order valence-corrected chi connectivity index (χ4v) is 3.81. The molecule has 118 valence electrons. The van der Waals surface area contributed by atoms with Crippen LogP contribution in [0.25, 0.3) is 0 Å². The monoisotopic (exact) mass is 281 g/mol. The third kappa shape index (κ3) is 5.01. The third-order valence-corrected chi connectivity index (χ3v) is 4.88. The second kappa shape index (κ2) is 7.77. The van der Waals surface area contributed by atoms with Crippen molar-refractivity contribution >= 4 is 0 Å². The molecule has 0 aliphatic carbocycles. The van der Waals surface area contributed by atoms with Gasteiger partial charge in [-0.2, -0.15) is 0 Å². The van der Waals surface area contributed by atoms with Crippen LogP contribution in [0, 0.1) is 11.8 Å². The van der Waals surface area contributed by atoms with Crippen LogP contribution in [0.15, 0.2) is 0 Å². The Morgan fingerprint density at radius 2 is 1.90 bits per heavy atom. The van der Waals surface area contributed by atoms with Gasteiger partial charge >= 0.3 is 0 Å². The van der Waals surface area contributed by atoms with Crippen molar-refractivity contribution in [1.29, 1.82) is 0 Å². The number of hydrogen-bond acceptors (Lipinski definition) is 3. The van der Waals surface area contributed by atoms with Gasteiger partial charge in [-0.05, 0) is 64.6 Å². The van der Waals surface area contributed by atoms with Gasteiger partial charge in [0.05, 0.1) is 0 Å². The second-order valence-corrected chi connectivity index (χ2v) is 7.64. The Balaban J connectivity index is 1.79. The van der Waals surface area contributed by atoms with E-state index < -0.39 is 0 Å². The first-order valence-electron chi connectivity index (χ1n) is 8.74. The summed E-state index contributed by atoms with van der Waals surface area (Å²) in [5, 5.41) is 3.74. The summed E-state index contributed by atoms with van der Waals surface area (Å²) in [5.74, 6) is 1.70. The molecule has 2 atom stereocenters. The minimum atomic E-state index is 0.708. The van der Waals surface area contributed by atoms with E-state index in [1.165, 1.54) is 58.5 Å². The molecule has 2 aliphatic rings. The van der Waals surface area contributed by atoms with Crippen LogP contribution in [-0.2, 0) is 0 Å². The van der Waals surface area contributed by atoms with Gasteiger partial charge < -0.3 is 15.1 Å². The highest BCUT2D eigenvalue weighted by Crippen LogP contribution is 2.20. The minimum absolute atomic E-state index is 0.708. The summed E-state index contributed by atoms with van der Waals surface area (Å²) in [5.41, 5.74) is 0. The third-order valence-electron chi connectivity index (χ3n) is 4.88. The van der Waals surface area contributed by atoms with Gasteiger partial charge in [-0.1, -0.05) is 13.8 Å². The molecule has 0 radical (unpaired) electrons. The molecule has 0 aromatic carbocycles.